The number of carboxylic acids is 1. The van der Waals surface area contributed by atoms with Gasteiger partial charge < -0.3 is 9.67 Å². The second kappa shape index (κ2) is 7.64. The third-order valence-electron chi connectivity index (χ3n) is 4.40. The molecule has 2 atom stereocenters. The monoisotopic (exact) mass is 345 g/mol. The number of aromatic nitrogens is 1. The van der Waals surface area contributed by atoms with Crippen molar-refractivity contribution >= 4 is 17.9 Å². The Bertz CT molecular complexity index is 921. The SMILES string of the molecule is CC=C(C)C=CC(C)Cn1cc(C(=O)O)c(=O)c2c1=CC(C)CC=2F. The molecule has 1 N–H and O–H groups in total. The van der Waals surface area contributed by atoms with E-state index in [1.807, 2.05) is 52.0 Å². The highest BCUT2D eigenvalue weighted by molar-refractivity contribution is 5.87. The van der Waals surface area contributed by atoms with Gasteiger partial charge in [-0.15, -0.1) is 0 Å². The van der Waals surface area contributed by atoms with Crippen LogP contribution in [0.25, 0.3) is 11.9 Å². The van der Waals surface area contributed by atoms with Gasteiger partial charge in [0.2, 0.25) is 5.43 Å². The largest absolute Gasteiger partial charge is 0.477 e. The molecule has 0 spiro atoms. The Balaban J connectivity index is 2.62. The van der Waals surface area contributed by atoms with Gasteiger partial charge in [0, 0.05) is 19.2 Å². The van der Waals surface area contributed by atoms with Crippen molar-refractivity contribution in [2.75, 3.05) is 0 Å². The van der Waals surface area contributed by atoms with Gasteiger partial charge >= 0.3 is 5.97 Å². The molecular formula is C20H24FNO3. The number of hydrogen-bond donors (Lipinski definition) is 1. The van der Waals surface area contributed by atoms with E-state index in [4.69, 9.17) is 0 Å². The zero-order valence-electron chi connectivity index (χ0n) is 15.0. The first kappa shape index (κ1) is 18.9. The average Bonchev–Trinajstić information content (AvgIpc) is 2.54. The fourth-order valence-corrected chi connectivity index (χ4v) is 2.92. The van der Waals surface area contributed by atoms with Crippen LogP contribution in [-0.4, -0.2) is 15.6 Å². The molecule has 2 rings (SSSR count). The first-order valence-corrected chi connectivity index (χ1v) is 8.43. The molecule has 0 fully saturated rings. The molecule has 0 radical (unpaired) electrons. The van der Waals surface area contributed by atoms with Gasteiger partial charge in [0.15, 0.2) is 0 Å². The Morgan fingerprint density at radius 3 is 2.80 bits per heavy atom. The summed E-state index contributed by atoms with van der Waals surface area (Å²) >= 11 is 0. The van der Waals surface area contributed by atoms with Crippen LogP contribution in [0.5, 0.6) is 0 Å². The van der Waals surface area contributed by atoms with Crippen molar-refractivity contribution in [1.29, 1.82) is 0 Å². The van der Waals surface area contributed by atoms with E-state index in [0.717, 1.165) is 5.57 Å². The summed E-state index contributed by atoms with van der Waals surface area (Å²) in [4.78, 5) is 23.8. The number of nitrogens with zero attached hydrogens (tertiary/aromatic N) is 1. The first-order valence-electron chi connectivity index (χ1n) is 8.43. The molecule has 0 aliphatic heterocycles. The predicted octanol–water partition coefficient (Wildman–Crippen LogP) is 2.60. The molecule has 1 aliphatic rings. The fourth-order valence-electron chi connectivity index (χ4n) is 2.92. The van der Waals surface area contributed by atoms with Crippen LogP contribution in [-0.2, 0) is 6.54 Å². The summed E-state index contributed by atoms with van der Waals surface area (Å²) in [5.74, 6) is -1.80. The maximum absolute atomic E-state index is 14.4. The summed E-state index contributed by atoms with van der Waals surface area (Å²) in [6.45, 7) is 8.29. The van der Waals surface area contributed by atoms with Crippen molar-refractivity contribution < 1.29 is 14.3 Å². The van der Waals surface area contributed by atoms with Gasteiger partial charge in [0.25, 0.3) is 0 Å². The molecule has 5 heteroatoms. The molecule has 25 heavy (non-hydrogen) atoms. The Hall–Kier alpha value is -2.43. The smallest absolute Gasteiger partial charge is 0.341 e. The Morgan fingerprint density at radius 2 is 2.20 bits per heavy atom. The zero-order chi connectivity index (χ0) is 18.7. The third kappa shape index (κ3) is 4.16. The van der Waals surface area contributed by atoms with Crippen molar-refractivity contribution in [1.82, 2.24) is 4.57 Å². The zero-order valence-corrected chi connectivity index (χ0v) is 15.0. The van der Waals surface area contributed by atoms with Gasteiger partial charge in [0.05, 0.1) is 10.6 Å². The number of rotatable bonds is 5. The van der Waals surface area contributed by atoms with E-state index in [0.29, 0.717) is 11.9 Å². The molecule has 0 amide bonds. The Labute approximate surface area is 146 Å². The molecule has 0 saturated carbocycles. The molecule has 134 valence electrons. The van der Waals surface area contributed by atoms with Crippen LogP contribution in [0.1, 0.15) is 44.5 Å². The summed E-state index contributed by atoms with van der Waals surface area (Å²) in [5.41, 5.74) is -0.00963. The van der Waals surface area contributed by atoms with Crippen molar-refractivity contribution in [2.24, 2.45) is 11.8 Å². The van der Waals surface area contributed by atoms with Gasteiger partial charge in [-0.05, 0) is 25.7 Å². The minimum absolute atomic E-state index is 0.0371. The lowest BCUT2D eigenvalue weighted by atomic mass is 9.99. The van der Waals surface area contributed by atoms with E-state index in [1.54, 1.807) is 4.57 Å². The van der Waals surface area contributed by atoms with E-state index in [2.05, 4.69) is 0 Å². The molecule has 1 aliphatic carbocycles. The number of hydrogen-bond acceptors (Lipinski definition) is 2. The maximum Gasteiger partial charge on any atom is 0.341 e. The molecule has 0 aromatic carbocycles. The molecule has 0 saturated heterocycles. The van der Waals surface area contributed by atoms with Gasteiger partial charge in [-0.3, -0.25) is 4.79 Å². The topological polar surface area (TPSA) is 59.3 Å². The number of aromatic carboxylic acids is 1. The molecule has 1 heterocycles. The van der Waals surface area contributed by atoms with E-state index in [9.17, 15) is 19.1 Å². The van der Waals surface area contributed by atoms with Crippen molar-refractivity contribution in [3.63, 3.8) is 0 Å². The highest BCUT2D eigenvalue weighted by atomic mass is 19.1. The summed E-state index contributed by atoms with van der Waals surface area (Å²) in [6.07, 6.45) is 9.31. The van der Waals surface area contributed by atoms with Crippen LogP contribution in [0.4, 0.5) is 4.39 Å². The minimum atomic E-state index is -1.33. The fraction of sp³-hybridized carbons (Fsp3) is 0.400. The van der Waals surface area contributed by atoms with Crippen LogP contribution in [0.15, 0.2) is 34.8 Å². The van der Waals surface area contributed by atoms with E-state index < -0.39 is 22.8 Å². The number of pyridine rings is 1. The predicted molar refractivity (Wildman–Crippen MR) is 97.4 cm³/mol. The van der Waals surface area contributed by atoms with Crippen LogP contribution < -0.4 is 16.0 Å². The number of allylic oxidation sites excluding steroid dienone is 4. The maximum atomic E-state index is 14.4. The van der Waals surface area contributed by atoms with Crippen LogP contribution >= 0.6 is 0 Å². The highest BCUT2D eigenvalue weighted by Gasteiger charge is 2.20. The lowest BCUT2D eigenvalue weighted by Gasteiger charge is -2.18. The van der Waals surface area contributed by atoms with Crippen molar-refractivity contribution in [3.05, 3.63) is 56.4 Å². The average molecular weight is 345 g/mol. The number of carbonyl (C=O) groups is 1. The lowest BCUT2D eigenvalue weighted by Crippen LogP contribution is -2.50. The van der Waals surface area contributed by atoms with E-state index in [1.165, 1.54) is 6.20 Å². The highest BCUT2D eigenvalue weighted by Crippen LogP contribution is 2.15. The first-order chi connectivity index (χ1) is 11.7. The standard InChI is InChI=1S/C20H24FNO3/c1-5-12(2)6-7-13(3)10-22-11-15(20(24)25)19(23)18-16(21)8-14(4)9-17(18)22/h5-7,9,11,13-14H,8,10H2,1-4H3,(H,24,25). The molecule has 0 bridgehead atoms. The Morgan fingerprint density at radius 1 is 1.52 bits per heavy atom. The summed E-state index contributed by atoms with van der Waals surface area (Å²) in [6, 6.07) is 0. The van der Waals surface area contributed by atoms with Crippen LogP contribution in [0, 0.1) is 11.8 Å². The van der Waals surface area contributed by atoms with E-state index >= 15 is 0 Å². The lowest BCUT2D eigenvalue weighted by molar-refractivity contribution is 0.0694. The Kier molecular flexibility index (Phi) is 5.77. The van der Waals surface area contributed by atoms with Gasteiger partial charge in [0.1, 0.15) is 11.4 Å². The van der Waals surface area contributed by atoms with Crippen molar-refractivity contribution in [3.8, 4) is 0 Å². The van der Waals surface area contributed by atoms with Gasteiger partial charge in [-0.2, -0.15) is 0 Å². The number of carboxylic acid groups (broad SMARTS) is 1. The second-order valence-corrected chi connectivity index (χ2v) is 6.71. The number of fused-ring (bicyclic) bond motifs is 1. The summed E-state index contributed by atoms with van der Waals surface area (Å²) < 4.78 is 16.1. The molecule has 1 aromatic heterocycles. The quantitative estimate of drug-likeness (QED) is 0.835. The van der Waals surface area contributed by atoms with Crippen LogP contribution in [0.2, 0.25) is 0 Å². The third-order valence-corrected chi connectivity index (χ3v) is 4.40. The molecule has 1 aromatic rings. The number of halogens is 1. The minimum Gasteiger partial charge on any atom is -0.477 e. The van der Waals surface area contributed by atoms with Crippen molar-refractivity contribution in [2.45, 2.75) is 40.7 Å². The summed E-state index contributed by atoms with van der Waals surface area (Å²) in [5, 5.41) is 9.68. The summed E-state index contributed by atoms with van der Waals surface area (Å²) in [7, 11) is 0. The van der Waals surface area contributed by atoms with Crippen LogP contribution in [0.3, 0.4) is 0 Å². The second-order valence-electron chi connectivity index (χ2n) is 6.71. The van der Waals surface area contributed by atoms with Gasteiger partial charge in [-0.1, -0.05) is 43.7 Å². The molecule has 4 nitrogen and oxygen atoms in total. The normalized spacial score (nSPS) is 18.8. The molecular weight excluding hydrogens is 321 g/mol. The van der Waals surface area contributed by atoms with E-state index in [-0.39, 0.29) is 23.5 Å². The van der Waals surface area contributed by atoms with Gasteiger partial charge in [-0.25, -0.2) is 9.18 Å². The molecule has 2 unspecified atom stereocenters.